The zero-order chi connectivity index (χ0) is 24.9. The fraction of sp³-hybridized carbons (Fsp3) is 0.214. The molecule has 0 radical (unpaired) electrons. The Bertz CT molecular complexity index is 1660. The van der Waals surface area contributed by atoms with Crippen molar-refractivity contribution in [2.45, 2.75) is 44.2 Å². The van der Waals surface area contributed by atoms with Gasteiger partial charge in [-0.1, -0.05) is 47.6 Å². The second kappa shape index (κ2) is 8.72. The zero-order valence-corrected chi connectivity index (χ0v) is 20.9. The van der Waals surface area contributed by atoms with Gasteiger partial charge in [0.15, 0.2) is 0 Å². The minimum atomic E-state index is -3.57. The van der Waals surface area contributed by atoms with Crippen molar-refractivity contribution in [3.05, 3.63) is 90.1 Å². The molecule has 0 spiro atoms. The van der Waals surface area contributed by atoms with Crippen molar-refractivity contribution < 1.29 is 12.9 Å². The van der Waals surface area contributed by atoms with Crippen molar-refractivity contribution in [2.24, 2.45) is 0 Å². The number of benzene rings is 2. The lowest BCUT2D eigenvalue weighted by molar-refractivity contribution is 0.393. The fourth-order valence-corrected chi connectivity index (χ4v) is 6.00. The van der Waals surface area contributed by atoms with Crippen LogP contribution in [0.1, 0.15) is 29.9 Å². The van der Waals surface area contributed by atoms with E-state index in [1.807, 2.05) is 44.3 Å². The molecule has 6 rings (SSSR count). The van der Waals surface area contributed by atoms with Crippen LogP contribution in [0.5, 0.6) is 0 Å². The van der Waals surface area contributed by atoms with Gasteiger partial charge in [-0.25, -0.2) is 18.1 Å². The lowest BCUT2D eigenvalue weighted by Crippen LogP contribution is -2.25. The first kappa shape index (κ1) is 22.7. The van der Waals surface area contributed by atoms with Gasteiger partial charge in [0, 0.05) is 47.1 Å². The van der Waals surface area contributed by atoms with E-state index < -0.39 is 10.0 Å². The van der Waals surface area contributed by atoms with Crippen molar-refractivity contribution >= 4 is 21.1 Å². The van der Waals surface area contributed by atoms with E-state index in [0.29, 0.717) is 6.54 Å². The van der Waals surface area contributed by atoms with E-state index in [9.17, 15) is 8.42 Å². The molecule has 1 saturated carbocycles. The largest absolute Gasteiger partial charge is 0.361 e. The van der Waals surface area contributed by atoms with Crippen molar-refractivity contribution in [3.63, 3.8) is 0 Å². The maximum absolute atomic E-state index is 12.9. The highest BCUT2D eigenvalue weighted by Gasteiger charge is 2.28. The van der Waals surface area contributed by atoms with Gasteiger partial charge in [0.1, 0.15) is 11.4 Å². The predicted octanol–water partition coefficient (Wildman–Crippen LogP) is 5.46. The average Bonchev–Trinajstić information content (AvgIpc) is 3.52. The minimum absolute atomic E-state index is 0.0493. The standard InChI is InChI=1S/C28H26N4O3S/c1-18-27(19(2)35-30-18)22-14-25-26(17-32(28(25)29-15-22)16-20-7-4-3-5-8-20)21-9-6-10-24(13-21)36(33,34)31-23-11-12-23/h3-10,13-15,17,23,31H,11-12,16H2,1-2H3. The van der Waals surface area contributed by atoms with E-state index in [2.05, 4.69) is 38.8 Å². The number of fused-ring (bicyclic) bond motifs is 1. The summed E-state index contributed by atoms with van der Waals surface area (Å²) < 4.78 is 36.1. The molecule has 7 nitrogen and oxygen atoms in total. The van der Waals surface area contributed by atoms with E-state index in [4.69, 9.17) is 9.51 Å². The average molecular weight is 499 g/mol. The predicted molar refractivity (Wildman–Crippen MR) is 139 cm³/mol. The number of nitrogens with zero attached hydrogens (tertiary/aromatic N) is 3. The molecule has 1 aliphatic rings. The van der Waals surface area contributed by atoms with Gasteiger partial charge in [0.2, 0.25) is 10.0 Å². The summed E-state index contributed by atoms with van der Waals surface area (Å²) in [5, 5.41) is 5.04. The van der Waals surface area contributed by atoms with Crippen LogP contribution in [0.25, 0.3) is 33.3 Å². The van der Waals surface area contributed by atoms with Crippen molar-refractivity contribution in [3.8, 4) is 22.3 Å². The number of pyridine rings is 1. The normalized spacial score (nSPS) is 13.9. The van der Waals surface area contributed by atoms with E-state index >= 15 is 0 Å². The number of hydrogen-bond donors (Lipinski definition) is 1. The van der Waals surface area contributed by atoms with E-state index in [1.165, 1.54) is 0 Å². The summed E-state index contributed by atoms with van der Waals surface area (Å²) in [5.41, 5.74) is 6.37. The molecule has 1 N–H and O–H groups in total. The van der Waals surface area contributed by atoms with Crippen LogP contribution >= 0.6 is 0 Å². The van der Waals surface area contributed by atoms with Gasteiger partial charge in [-0.15, -0.1) is 0 Å². The highest BCUT2D eigenvalue weighted by Crippen LogP contribution is 2.36. The third kappa shape index (κ3) is 4.23. The number of nitrogens with one attached hydrogen (secondary N) is 1. The summed E-state index contributed by atoms with van der Waals surface area (Å²) in [6.45, 7) is 4.46. The van der Waals surface area contributed by atoms with Gasteiger partial charge >= 0.3 is 0 Å². The van der Waals surface area contributed by atoms with E-state index in [1.54, 1.807) is 18.2 Å². The summed E-state index contributed by atoms with van der Waals surface area (Å²) in [4.78, 5) is 5.11. The fourth-order valence-electron chi connectivity index (χ4n) is 4.65. The van der Waals surface area contributed by atoms with Crippen molar-refractivity contribution in [1.82, 2.24) is 19.4 Å². The van der Waals surface area contributed by atoms with Gasteiger partial charge in [0.25, 0.3) is 0 Å². The molecule has 0 atom stereocenters. The molecule has 0 saturated heterocycles. The third-order valence-electron chi connectivity index (χ3n) is 6.59. The van der Waals surface area contributed by atoms with Gasteiger partial charge in [-0.2, -0.15) is 0 Å². The highest BCUT2D eigenvalue weighted by molar-refractivity contribution is 7.89. The number of sulfonamides is 1. The smallest absolute Gasteiger partial charge is 0.240 e. The third-order valence-corrected chi connectivity index (χ3v) is 8.10. The van der Waals surface area contributed by atoms with Crippen LogP contribution in [0.15, 0.2) is 82.5 Å². The Kier molecular flexibility index (Phi) is 5.50. The molecule has 3 aromatic heterocycles. The Morgan fingerprint density at radius 1 is 1.03 bits per heavy atom. The molecule has 8 heteroatoms. The van der Waals surface area contributed by atoms with E-state index in [-0.39, 0.29) is 10.9 Å². The summed E-state index contributed by atoms with van der Waals surface area (Å²) >= 11 is 0. The topological polar surface area (TPSA) is 90.0 Å². The lowest BCUT2D eigenvalue weighted by Gasteiger charge is -2.08. The number of aromatic nitrogens is 3. The Balaban J connectivity index is 1.51. The van der Waals surface area contributed by atoms with Crippen LogP contribution in [0.4, 0.5) is 0 Å². The SMILES string of the molecule is Cc1noc(C)c1-c1cnc2c(c1)c(-c1cccc(S(=O)(=O)NC3CC3)c1)cn2Cc1ccccc1. The monoisotopic (exact) mass is 498 g/mol. The van der Waals surface area contributed by atoms with Crippen LogP contribution < -0.4 is 4.72 Å². The van der Waals surface area contributed by atoms with Gasteiger partial charge < -0.3 is 9.09 Å². The van der Waals surface area contributed by atoms with Crippen LogP contribution in [-0.4, -0.2) is 29.2 Å². The van der Waals surface area contributed by atoms with Gasteiger partial charge in [0.05, 0.1) is 10.6 Å². The molecule has 5 aromatic rings. The van der Waals surface area contributed by atoms with Gasteiger partial charge in [-0.3, -0.25) is 0 Å². The molecule has 0 unspecified atom stereocenters. The maximum atomic E-state index is 12.9. The summed E-state index contributed by atoms with van der Waals surface area (Å²) in [6.07, 6.45) is 5.69. The summed E-state index contributed by atoms with van der Waals surface area (Å²) in [6, 6.07) is 19.5. The highest BCUT2D eigenvalue weighted by atomic mass is 32.2. The molecule has 182 valence electrons. The van der Waals surface area contributed by atoms with Crippen LogP contribution in [0, 0.1) is 13.8 Å². The molecular formula is C28H26N4O3S. The maximum Gasteiger partial charge on any atom is 0.240 e. The Hall–Kier alpha value is -3.75. The summed E-state index contributed by atoms with van der Waals surface area (Å²) in [7, 11) is -3.57. The number of rotatable bonds is 7. The second-order valence-electron chi connectivity index (χ2n) is 9.37. The Morgan fingerprint density at radius 2 is 1.83 bits per heavy atom. The molecule has 3 heterocycles. The molecule has 0 aliphatic heterocycles. The molecule has 0 amide bonds. The van der Waals surface area contributed by atoms with Gasteiger partial charge in [-0.05, 0) is 56.0 Å². The molecule has 0 bridgehead atoms. The van der Waals surface area contributed by atoms with Crippen LogP contribution in [0.3, 0.4) is 0 Å². The Labute approximate surface area is 209 Å². The second-order valence-corrected chi connectivity index (χ2v) is 11.1. The first-order chi connectivity index (χ1) is 17.4. The number of aryl methyl sites for hydroxylation is 2. The van der Waals surface area contributed by atoms with Crippen LogP contribution in [-0.2, 0) is 16.6 Å². The molecule has 36 heavy (non-hydrogen) atoms. The quantitative estimate of drug-likeness (QED) is 0.322. The van der Waals surface area contributed by atoms with E-state index in [0.717, 1.165) is 63.1 Å². The van der Waals surface area contributed by atoms with Crippen molar-refractivity contribution in [2.75, 3.05) is 0 Å². The zero-order valence-electron chi connectivity index (χ0n) is 20.1. The minimum Gasteiger partial charge on any atom is -0.361 e. The first-order valence-electron chi connectivity index (χ1n) is 12.0. The lowest BCUT2D eigenvalue weighted by atomic mass is 10.0. The number of hydrogen-bond acceptors (Lipinski definition) is 5. The molecule has 1 fully saturated rings. The van der Waals surface area contributed by atoms with Crippen LogP contribution in [0.2, 0.25) is 0 Å². The Morgan fingerprint density at radius 3 is 2.56 bits per heavy atom. The molecule has 1 aliphatic carbocycles. The first-order valence-corrected chi connectivity index (χ1v) is 13.5. The van der Waals surface area contributed by atoms with Crippen molar-refractivity contribution in [1.29, 1.82) is 0 Å². The summed E-state index contributed by atoms with van der Waals surface area (Å²) in [5.74, 6) is 0.734. The molecule has 2 aromatic carbocycles. The molecular weight excluding hydrogens is 472 g/mol.